The zero-order chi connectivity index (χ0) is 13.6. The van der Waals surface area contributed by atoms with Gasteiger partial charge in [0, 0.05) is 19.6 Å². The van der Waals surface area contributed by atoms with Crippen molar-refractivity contribution in [3.05, 3.63) is 0 Å². The Morgan fingerprint density at radius 2 is 2.11 bits per heavy atom. The number of hydrogen-bond acceptors (Lipinski definition) is 4. The van der Waals surface area contributed by atoms with Crippen LogP contribution in [-0.4, -0.2) is 43.4 Å². The lowest BCUT2D eigenvalue weighted by Gasteiger charge is -2.19. The third kappa shape index (κ3) is 6.44. The number of carbonyl (C=O) groups excluding carboxylic acids is 2. The second kappa shape index (κ2) is 6.58. The summed E-state index contributed by atoms with van der Waals surface area (Å²) in [5, 5.41) is 5.39. The molecule has 0 spiro atoms. The Hall–Kier alpha value is -1.30. The number of nitrogens with one attached hydrogen (secondary N) is 2. The summed E-state index contributed by atoms with van der Waals surface area (Å²) in [5.74, 6) is -0.0819. The summed E-state index contributed by atoms with van der Waals surface area (Å²) in [6.07, 6.45) is 0.598. The maximum absolute atomic E-state index is 11.5. The van der Waals surface area contributed by atoms with Gasteiger partial charge in [-0.05, 0) is 27.2 Å². The second-order valence-corrected chi connectivity index (χ2v) is 5.31. The summed E-state index contributed by atoms with van der Waals surface area (Å²) in [4.78, 5) is 22.8. The summed E-state index contributed by atoms with van der Waals surface area (Å²) in [7, 11) is 0. The summed E-state index contributed by atoms with van der Waals surface area (Å²) in [6.45, 7) is 6.92. The Bertz CT molecular complexity index is 293. The molecule has 1 saturated heterocycles. The van der Waals surface area contributed by atoms with E-state index >= 15 is 0 Å². The van der Waals surface area contributed by atoms with Crippen molar-refractivity contribution in [2.75, 3.05) is 19.8 Å². The van der Waals surface area contributed by atoms with Gasteiger partial charge in [0.15, 0.2) is 0 Å². The van der Waals surface area contributed by atoms with Crippen LogP contribution < -0.4 is 10.6 Å². The molecule has 1 fully saturated rings. The third-order valence-corrected chi connectivity index (χ3v) is 2.32. The van der Waals surface area contributed by atoms with Crippen LogP contribution in [0.4, 0.5) is 4.79 Å². The molecule has 6 nitrogen and oxygen atoms in total. The minimum atomic E-state index is -0.520. The molecule has 1 atom stereocenters. The Morgan fingerprint density at radius 3 is 2.67 bits per heavy atom. The first-order valence-electron chi connectivity index (χ1n) is 6.21. The van der Waals surface area contributed by atoms with Crippen LogP contribution >= 0.6 is 0 Å². The molecule has 2 N–H and O–H groups in total. The van der Waals surface area contributed by atoms with Crippen LogP contribution in [0.15, 0.2) is 0 Å². The Morgan fingerprint density at radius 1 is 1.39 bits per heavy atom. The van der Waals surface area contributed by atoms with Crippen molar-refractivity contribution >= 4 is 12.0 Å². The van der Waals surface area contributed by atoms with Gasteiger partial charge in [0.25, 0.3) is 0 Å². The Balaban J connectivity index is 2.09. The van der Waals surface area contributed by atoms with Crippen LogP contribution in [0.3, 0.4) is 0 Å². The van der Waals surface area contributed by atoms with Gasteiger partial charge in [-0.25, -0.2) is 4.79 Å². The van der Waals surface area contributed by atoms with Crippen molar-refractivity contribution in [1.29, 1.82) is 0 Å². The molecule has 1 heterocycles. The maximum Gasteiger partial charge on any atom is 0.407 e. The normalized spacial score (nSPS) is 19.4. The largest absolute Gasteiger partial charge is 0.444 e. The molecular weight excluding hydrogens is 236 g/mol. The average Bonchev–Trinajstić information content (AvgIpc) is 2.67. The maximum atomic E-state index is 11.5. The van der Waals surface area contributed by atoms with Gasteiger partial charge in [0.05, 0.1) is 12.6 Å². The lowest BCUT2D eigenvalue weighted by Crippen LogP contribution is -2.38. The molecule has 0 aromatic rings. The minimum Gasteiger partial charge on any atom is -0.444 e. The van der Waals surface area contributed by atoms with E-state index in [2.05, 4.69) is 10.6 Å². The van der Waals surface area contributed by atoms with E-state index in [1.54, 1.807) is 20.8 Å². The molecular formula is C12H22N2O4. The fourth-order valence-corrected chi connectivity index (χ4v) is 1.54. The predicted octanol–water partition coefficient (Wildman–Crippen LogP) is 0.806. The minimum absolute atomic E-state index is 0.0819. The average molecular weight is 258 g/mol. The Labute approximate surface area is 107 Å². The number of alkyl carbamates (subject to hydrolysis) is 1. The number of rotatable bonds is 4. The van der Waals surface area contributed by atoms with Crippen LogP contribution in [0.2, 0.25) is 0 Å². The van der Waals surface area contributed by atoms with E-state index in [1.807, 2.05) is 0 Å². The molecule has 6 heteroatoms. The van der Waals surface area contributed by atoms with Crippen molar-refractivity contribution < 1.29 is 19.1 Å². The summed E-state index contributed by atoms with van der Waals surface area (Å²) < 4.78 is 10.2. The van der Waals surface area contributed by atoms with Gasteiger partial charge in [0.2, 0.25) is 5.91 Å². The van der Waals surface area contributed by atoms with Gasteiger partial charge in [-0.15, -0.1) is 0 Å². The first kappa shape index (κ1) is 14.8. The molecule has 104 valence electrons. The number of carbonyl (C=O) groups is 2. The molecule has 2 amide bonds. The zero-order valence-electron chi connectivity index (χ0n) is 11.2. The van der Waals surface area contributed by atoms with Crippen LogP contribution in [0.25, 0.3) is 0 Å². The zero-order valence-corrected chi connectivity index (χ0v) is 11.2. The highest BCUT2D eigenvalue weighted by atomic mass is 16.6. The highest BCUT2D eigenvalue weighted by Gasteiger charge is 2.18. The van der Waals surface area contributed by atoms with E-state index in [9.17, 15) is 9.59 Å². The van der Waals surface area contributed by atoms with E-state index in [0.717, 1.165) is 6.42 Å². The lowest BCUT2D eigenvalue weighted by atomic mass is 10.2. The van der Waals surface area contributed by atoms with Gasteiger partial charge >= 0.3 is 6.09 Å². The SMILES string of the molecule is CC(C)(C)OC(=O)NCCC(=O)N[C@@H]1CCOC1. The topological polar surface area (TPSA) is 76.7 Å². The Kier molecular flexibility index (Phi) is 5.40. The second-order valence-electron chi connectivity index (χ2n) is 5.31. The van der Waals surface area contributed by atoms with E-state index in [1.165, 1.54) is 0 Å². The molecule has 0 aliphatic carbocycles. The molecule has 0 unspecified atom stereocenters. The molecule has 1 rings (SSSR count). The van der Waals surface area contributed by atoms with E-state index in [4.69, 9.17) is 9.47 Å². The number of amides is 2. The highest BCUT2D eigenvalue weighted by molar-refractivity contribution is 5.77. The molecule has 1 aliphatic heterocycles. The predicted molar refractivity (Wildman–Crippen MR) is 66.2 cm³/mol. The van der Waals surface area contributed by atoms with Crippen LogP contribution in [0, 0.1) is 0 Å². The van der Waals surface area contributed by atoms with E-state index in [0.29, 0.717) is 13.2 Å². The quantitative estimate of drug-likeness (QED) is 0.782. The van der Waals surface area contributed by atoms with Crippen molar-refractivity contribution in [3.8, 4) is 0 Å². The standard InChI is InChI=1S/C12H22N2O4/c1-12(2,3)18-11(16)13-6-4-10(15)14-9-5-7-17-8-9/h9H,4-8H2,1-3H3,(H,13,16)(H,14,15)/t9-/m1/s1. The molecule has 18 heavy (non-hydrogen) atoms. The van der Waals surface area contributed by atoms with E-state index < -0.39 is 11.7 Å². The molecule has 0 aromatic carbocycles. The number of ether oxygens (including phenoxy) is 2. The molecule has 0 aromatic heterocycles. The van der Waals surface area contributed by atoms with Gasteiger partial charge < -0.3 is 20.1 Å². The number of hydrogen-bond donors (Lipinski definition) is 2. The summed E-state index contributed by atoms with van der Waals surface area (Å²) >= 11 is 0. The highest BCUT2D eigenvalue weighted by Crippen LogP contribution is 2.06. The smallest absolute Gasteiger partial charge is 0.407 e. The molecule has 1 aliphatic rings. The fraction of sp³-hybridized carbons (Fsp3) is 0.833. The first-order chi connectivity index (χ1) is 8.37. The fourth-order valence-electron chi connectivity index (χ4n) is 1.54. The van der Waals surface area contributed by atoms with Gasteiger partial charge in [-0.3, -0.25) is 4.79 Å². The van der Waals surface area contributed by atoms with Gasteiger partial charge in [-0.1, -0.05) is 0 Å². The summed E-state index contributed by atoms with van der Waals surface area (Å²) in [5.41, 5.74) is -0.520. The lowest BCUT2D eigenvalue weighted by molar-refractivity contribution is -0.121. The van der Waals surface area contributed by atoms with E-state index in [-0.39, 0.29) is 24.9 Å². The van der Waals surface area contributed by atoms with Crippen molar-refractivity contribution in [2.24, 2.45) is 0 Å². The van der Waals surface area contributed by atoms with Crippen LogP contribution in [0.1, 0.15) is 33.6 Å². The molecule has 0 radical (unpaired) electrons. The third-order valence-electron chi connectivity index (χ3n) is 2.32. The molecule has 0 saturated carbocycles. The van der Waals surface area contributed by atoms with Crippen molar-refractivity contribution in [2.45, 2.75) is 45.3 Å². The van der Waals surface area contributed by atoms with Crippen molar-refractivity contribution in [3.63, 3.8) is 0 Å². The molecule has 0 bridgehead atoms. The van der Waals surface area contributed by atoms with Crippen LogP contribution in [0.5, 0.6) is 0 Å². The van der Waals surface area contributed by atoms with Gasteiger partial charge in [0.1, 0.15) is 5.60 Å². The monoisotopic (exact) mass is 258 g/mol. The van der Waals surface area contributed by atoms with Crippen LogP contribution in [-0.2, 0) is 14.3 Å². The summed E-state index contributed by atoms with van der Waals surface area (Å²) in [6, 6.07) is 0.110. The van der Waals surface area contributed by atoms with Gasteiger partial charge in [-0.2, -0.15) is 0 Å². The van der Waals surface area contributed by atoms with Crippen molar-refractivity contribution in [1.82, 2.24) is 10.6 Å². The first-order valence-corrected chi connectivity index (χ1v) is 6.21.